The van der Waals surface area contributed by atoms with Crippen LogP contribution in [0.1, 0.15) is 56.6 Å². The number of thioether (sulfide) groups is 2. The fraction of sp³-hybridized carbons (Fsp3) is 0.500. The van der Waals surface area contributed by atoms with Crippen LogP contribution >= 0.6 is 23.5 Å². The molecule has 0 fully saturated rings. The molecule has 0 spiro atoms. The van der Waals surface area contributed by atoms with Gasteiger partial charge < -0.3 is 65.0 Å². The molecule has 0 saturated heterocycles. The van der Waals surface area contributed by atoms with Gasteiger partial charge in [-0.05, 0) is 86.3 Å². The van der Waals surface area contributed by atoms with Gasteiger partial charge in [0, 0.05) is 25.8 Å². The fourth-order valence-corrected chi connectivity index (χ4v) is 7.07. The third-order valence-electron chi connectivity index (χ3n) is 9.76. The number of carbonyl (C=O) groups is 8. The lowest BCUT2D eigenvalue weighted by molar-refractivity contribution is -0.142. The van der Waals surface area contributed by atoms with Crippen molar-refractivity contribution in [3.8, 4) is 5.75 Å². The molecule has 65 heavy (non-hydrogen) atoms. The number of carboxylic acids is 1. The Balaban J connectivity index is 2.34. The van der Waals surface area contributed by atoms with E-state index in [2.05, 4.69) is 36.9 Å². The highest BCUT2D eigenvalue weighted by molar-refractivity contribution is 7.98. The summed E-state index contributed by atoms with van der Waals surface area (Å²) < 4.78 is 0. The number of nitrogens with two attached hydrogens (primary N) is 4. The van der Waals surface area contributed by atoms with Crippen molar-refractivity contribution in [2.24, 2.45) is 27.9 Å². The van der Waals surface area contributed by atoms with Gasteiger partial charge in [0.1, 0.15) is 42.0 Å². The molecule has 16 N–H and O–H groups in total. The first-order chi connectivity index (χ1) is 30.8. The Kier molecular flexibility index (Phi) is 24.9. The lowest BCUT2D eigenvalue weighted by atomic mass is 10.0. The number of phenolic OH excluding ortho intramolecular Hbond substituents is 1. The topological polar surface area (TPSA) is 366 Å². The van der Waals surface area contributed by atoms with E-state index >= 15 is 0 Å². The molecule has 2 rings (SSSR count). The first kappa shape index (κ1) is 55.1. The maximum Gasteiger partial charge on any atom is 0.326 e. The SMILES string of the molecule is CSCC[C@H](NC(=O)[C@H](CCC(N)=O)NC(=O)[C@@H](N)CCSC)C(=O)N[C@@H](C)C(=O)N[C@@H](Cc1ccc(O)cc1)C(=O)N[C@@H](CCCN=C(N)N)C(=O)N[C@@H](Cc1ccccc1)C(=O)O. The zero-order chi connectivity index (χ0) is 48.5. The standard InChI is InChI=1S/C42H63N11O10S2/c1-24(48-37(58)31(18-21-65-3)51-39(60)30(15-16-34(44)55)49-36(57)28(43)17-20-64-2)35(56)52-32(22-26-11-13-27(54)14-12-26)40(61)50-29(10-7-19-47-42(45)46)38(59)53-33(41(62)63)23-25-8-5-4-6-9-25/h4-6,8-9,11-14,24,28-33,54H,7,10,15-23,43H2,1-3H3,(H2,44,55)(H,48,58)(H,49,57)(H,50,61)(H,51,60)(H,52,56)(H,53,59)(H,62,63)(H4,45,46,47)/t24-,28-,29-,30-,31-,32-,33-/m0/s1. The number of benzene rings is 2. The zero-order valence-corrected chi connectivity index (χ0v) is 38.4. The van der Waals surface area contributed by atoms with E-state index in [1.807, 2.05) is 6.26 Å². The highest BCUT2D eigenvalue weighted by Crippen LogP contribution is 2.13. The van der Waals surface area contributed by atoms with Crippen LogP contribution in [-0.4, -0.2) is 136 Å². The van der Waals surface area contributed by atoms with Gasteiger partial charge in [-0.25, -0.2) is 4.79 Å². The molecular formula is C42H63N11O10S2. The van der Waals surface area contributed by atoms with Crippen LogP contribution in [0.2, 0.25) is 0 Å². The van der Waals surface area contributed by atoms with Gasteiger partial charge in [0.15, 0.2) is 5.96 Å². The zero-order valence-electron chi connectivity index (χ0n) is 36.7. The molecule has 0 saturated carbocycles. The molecular weight excluding hydrogens is 883 g/mol. The molecule has 0 unspecified atom stereocenters. The van der Waals surface area contributed by atoms with Crippen molar-refractivity contribution in [3.05, 3.63) is 65.7 Å². The highest BCUT2D eigenvalue weighted by atomic mass is 32.2. The molecule has 358 valence electrons. The van der Waals surface area contributed by atoms with E-state index in [4.69, 9.17) is 22.9 Å². The third kappa shape index (κ3) is 21.4. The summed E-state index contributed by atoms with van der Waals surface area (Å²) in [7, 11) is 0. The van der Waals surface area contributed by atoms with Gasteiger partial charge in [0.2, 0.25) is 41.4 Å². The van der Waals surface area contributed by atoms with E-state index in [1.54, 1.807) is 36.6 Å². The molecule has 7 atom stereocenters. The quantitative estimate of drug-likeness (QED) is 0.0237. The number of carbonyl (C=O) groups excluding carboxylic acids is 7. The van der Waals surface area contributed by atoms with Crippen LogP contribution in [0.15, 0.2) is 59.6 Å². The minimum absolute atomic E-state index is 0.0423. The molecule has 0 radical (unpaired) electrons. The Morgan fingerprint density at radius 3 is 1.65 bits per heavy atom. The van der Waals surface area contributed by atoms with E-state index < -0.39 is 89.6 Å². The fourth-order valence-electron chi connectivity index (χ4n) is 6.11. The molecule has 0 aromatic heterocycles. The summed E-state index contributed by atoms with van der Waals surface area (Å²) in [6.07, 6.45) is 3.56. The van der Waals surface area contributed by atoms with Crippen molar-refractivity contribution in [1.29, 1.82) is 0 Å². The van der Waals surface area contributed by atoms with Crippen LogP contribution in [0.5, 0.6) is 5.75 Å². The average molecular weight is 946 g/mol. The first-order valence-electron chi connectivity index (χ1n) is 20.8. The van der Waals surface area contributed by atoms with Gasteiger partial charge in [0.05, 0.1) is 6.04 Å². The minimum atomic E-state index is -1.39. The molecule has 7 amide bonds. The molecule has 0 aliphatic heterocycles. The Morgan fingerprint density at radius 2 is 1.08 bits per heavy atom. The maximum atomic E-state index is 14.1. The molecule has 23 heteroatoms. The van der Waals surface area contributed by atoms with Crippen molar-refractivity contribution in [3.63, 3.8) is 0 Å². The minimum Gasteiger partial charge on any atom is -0.508 e. The second kappa shape index (κ2) is 29.4. The Morgan fingerprint density at radius 1 is 0.600 bits per heavy atom. The van der Waals surface area contributed by atoms with Crippen molar-refractivity contribution in [2.75, 3.05) is 30.6 Å². The highest BCUT2D eigenvalue weighted by Gasteiger charge is 2.33. The second-order valence-corrected chi connectivity index (χ2v) is 17.0. The molecule has 0 heterocycles. The predicted molar refractivity (Wildman–Crippen MR) is 249 cm³/mol. The second-order valence-electron chi connectivity index (χ2n) is 15.1. The summed E-state index contributed by atoms with van der Waals surface area (Å²) in [6.45, 7) is 1.42. The molecule has 0 bridgehead atoms. The van der Waals surface area contributed by atoms with Crippen LogP contribution in [-0.2, 0) is 51.2 Å². The maximum absolute atomic E-state index is 14.1. The van der Waals surface area contributed by atoms with Crippen molar-refractivity contribution in [1.82, 2.24) is 31.9 Å². The van der Waals surface area contributed by atoms with E-state index in [0.29, 0.717) is 29.1 Å². The third-order valence-corrected chi connectivity index (χ3v) is 11.1. The number of carboxylic acid groups (broad SMARTS) is 1. The van der Waals surface area contributed by atoms with E-state index in [-0.39, 0.29) is 63.2 Å². The van der Waals surface area contributed by atoms with Crippen molar-refractivity contribution in [2.45, 2.75) is 101 Å². The summed E-state index contributed by atoms with van der Waals surface area (Å²) in [5.41, 5.74) is 23.3. The Hall–Kier alpha value is -6.07. The Labute approximate surface area is 386 Å². The summed E-state index contributed by atoms with van der Waals surface area (Å²) in [4.78, 5) is 109. The van der Waals surface area contributed by atoms with Gasteiger partial charge >= 0.3 is 5.97 Å². The largest absolute Gasteiger partial charge is 0.508 e. The number of aliphatic carboxylic acids is 1. The number of nitrogens with one attached hydrogen (secondary N) is 6. The summed E-state index contributed by atoms with van der Waals surface area (Å²) in [5.74, 6) is -5.99. The van der Waals surface area contributed by atoms with E-state index in [1.165, 1.54) is 54.7 Å². The molecule has 2 aromatic carbocycles. The number of nitrogens with zero attached hydrogens (tertiary/aromatic N) is 1. The van der Waals surface area contributed by atoms with Gasteiger partial charge in [-0.3, -0.25) is 38.6 Å². The first-order valence-corrected chi connectivity index (χ1v) is 23.6. The lowest BCUT2D eigenvalue weighted by Gasteiger charge is -2.27. The lowest BCUT2D eigenvalue weighted by Crippen LogP contribution is -2.59. The van der Waals surface area contributed by atoms with E-state index in [0.717, 1.165) is 0 Å². The van der Waals surface area contributed by atoms with E-state index in [9.17, 15) is 48.6 Å². The summed E-state index contributed by atoms with van der Waals surface area (Å²) in [6, 6.07) is 5.60. The summed E-state index contributed by atoms with van der Waals surface area (Å²) >= 11 is 2.86. The number of aromatic hydroxyl groups is 1. The van der Waals surface area contributed by atoms with Crippen LogP contribution in [0, 0.1) is 0 Å². The van der Waals surface area contributed by atoms with Crippen molar-refractivity contribution >= 4 is 76.8 Å². The smallest absolute Gasteiger partial charge is 0.326 e. The van der Waals surface area contributed by atoms with Crippen LogP contribution in [0.4, 0.5) is 0 Å². The number of amides is 7. The van der Waals surface area contributed by atoms with Gasteiger partial charge in [-0.2, -0.15) is 23.5 Å². The Bertz CT molecular complexity index is 1920. The monoisotopic (exact) mass is 945 g/mol. The van der Waals surface area contributed by atoms with Gasteiger partial charge in [0.25, 0.3) is 0 Å². The average Bonchev–Trinajstić information content (AvgIpc) is 3.26. The summed E-state index contributed by atoms with van der Waals surface area (Å²) in [5, 5.41) is 35.3. The van der Waals surface area contributed by atoms with Crippen LogP contribution < -0.4 is 54.8 Å². The molecule has 2 aromatic rings. The van der Waals surface area contributed by atoms with Gasteiger partial charge in [-0.15, -0.1) is 0 Å². The van der Waals surface area contributed by atoms with Crippen LogP contribution in [0.3, 0.4) is 0 Å². The number of hydrogen-bond donors (Lipinski definition) is 12. The van der Waals surface area contributed by atoms with Crippen molar-refractivity contribution < 1.29 is 48.6 Å². The number of aliphatic imine (C=N–C) groups is 1. The normalized spacial score (nSPS) is 14.1. The number of rotatable bonds is 30. The number of primary amides is 1. The number of hydrogen-bond acceptors (Lipinski definition) is 13. The van der Waals surface area contributed by atoms with Crippen LogP contribution in [0.25, 0.3) is 0 Å². The molecule has 0 aliphatic carbocycles. The predicted octanol–water partition coefficient (Wildman–Crippen LogP) is -1.66. The number of phenols is 1. The molecule has 0 aliphatic rings. The van der Waals surface area contributed by atoms with Gasteiger partial charge in [-0.1, -0.05) is 42.5 Å². The number of guanidine groups is 1. The molecule has 21 nitrogen and oxygen atoms in total.